The summed E-state index contributed by atoms with van der Waals surface area (Å²) in [6.45, 7) is -0.469. The molecule has 0 amide bonds. The van der Waals surface area contributed by atoms with E-state index in [1.54, 1.807) is 36.4 Å². The molecule has 1 heterocycles. The van der Waals surface area contributed by atoms with Crippen molar-refractivity contribution in [3.8, 4) is 11.5 Å². The van der Waals surface area contributed by atoms with Crippen LogP contribution in [0.25, 0.3) is 6.08 Å². The van der Waals surface area contributed by atoms with Crippen molar-refractivity contribution < 1.29 is 34.7 Å². The zero-order valence-electron chi connectivity index (χ0n) is 14.3. The molecule has 0 unspecified atom stereocenters. The average molecular weight is 372 g/mol. The van der Waals surface area contributed by atoms with E-state index < -0.39 is 31.2 Å². The maximum absolute atomic E-state index is 12.1. The molecule has 7 heteroatoms. The molecule has 0 radical (unpaired) electrons. The first-order valence-electron chi connectivity index (χ1n) is 8.39. The molecule has 7 nitrogen and oxygen atoms in total. The molecule has 142 valence electrons. The Morgan fingerprint density at radius 1 is 1.11 bits per heavy atom. The van der Waals surface area contributed by atoms with Crippen LogP contribution in [0, 0.1) is 0 Å². The molecule has 0 spiro atoms. The van der Waals surface area contributed by atoms with E-state index in [0.717, 1.165) is 0 Å². The largest absolute Gasteiger partial charge is 0.504 e. The summed E-state index contributed by atoms with van der Waals surface area (Å²) in [7, 11) is 0. The summed E-state index contributed by atoms with van der Waals surface area (Å²) in [5, 5.41) is 38.8. The number of aliphatic hydroxyl groups excluding tert-OH is 3. The second-order valence-electron chi connectivity index (χ2n) is 6.12. The van der Waals surface area contributed by atoms with Crippen molar-refractivity contribution in [2.24, 2.45) is 0 Å². The van der Waals surface area contributed by atoms with Crippen molar-refractivity contribution in [2.45, 2.75) is 24.6 Å². The monoisotopic (exact) mass is 372 g/mol. The number of hydrogen-bond donors (Lipinski definition) is 4. The molecule has 0 aromatic heterocycles. The molecule has 1 saturated heterocycles. The Balaban J connectivity index is 1.67. The van der Waals surface area contributed by atoms with Crippen molar-refractivity contribution >= 4 is 11.9 Å². The van der Waals surface area contributed by atoms with E-state index in [1.807, 2.05) is 6.07 Å². The van der Waals surface area contributed by atoms with Crippen molar-refractivity contribution in [3.63, 3.8) is 0 Å². The average Bonchev–Trinajstić information content (AvgIpc) is 2.96. The second kappa shape index (κ2) is 8.32. The molecular formula is C20H20O7. The lowest BCUT2D eigenvalue weighted by atomic mass is 10.1. The molecule has 1 fully saturated rings. The van der Waals surface area contributed by atoms with Crippen LogP contribution in [0.3, 0.4) is 0 Å². The van der Waals surface area contributed by atoms with E-state index in [1.165, 1.54) is 18.2 Å². The van der Waals surface area contributed by atoms with Gasteiger partial charge in [-0.2, -0.15) is 0 Å². The number of ketones is 1. The summed E-state index contributed by atoms with van der Waals surface area (Å²) in [5.74, 6) is -0.347. The molecule has 4 N–H and O–H groups in total. The predicted octanol–water partition coefficient (Wildman–Crippen LogP) is 1.11. The van der Waals surface area contributed by atoms with Gasteiger partial charge in [0, 0.05) is 5.56 Å². The highest BCUT2D eigenvalue weighted by atomic mass is 16.7. The molecular weight excluding hydrogens is 352 g/mol. The number of carbonyl (C=O) groups excluding carboxylic acids is 1. The van der Waals surface area contributed by atoms with Gasteiger partial charge in [-0.15, -0.1) is 0 Å². The molecule has 3 rings (SSSR count). The number of phenolic OH excluding ortho intramolecular Hbond substituents is 1. The number of aliphatic hydroxyl groups is 3. The lowest BCUT2D eigenvalue weighted by Gasteiger charge is -2.17. The topological polar surface area (TPSA) is 116 Å². The van der Waals surface area contributed by atoms with Crippen LogP contribution in [0.4, 0.5) is 0 Å². The Hall–Kier alpha value is -2.71. The van der Waals surface area contributed by atoms with Crippen LogP contribution < -0.4 is 4.74 Å². The van der Waals surface area contributed by atoms with Gasteiger partial charge in [-0.3, -0.25) is 4.79 Å². The summed E-state index contributed by atoms with van der Waals surface area (Å²) >= 11 is 0. The Morgan fingerprint density at radius 2 is 1.85 bits per heavy atom. The Labute approximate surface area is 155 Å². The number of benzene rings is 2. The third kappa shape index (κ3) is 4.35. The van der Waals surface area contributed by atoms with Crippen molar-refractivity contribution in [1.29, 1.82) is 0 Å². The predicted molar refractivity (Wildman–Crippen MR) is 96.3 cm³/mol. The minimum Gasteiger partial charge on any atom is -0.504 e. The number of allylic oxidation sites excluding steroid dienone is 1. The molecule has 27 heavy (non-hydrogen) atoms. The van der Waals surface area contributed by atoms with Crippen LogP contribution in [-0.2, 0) is 4.74 Å². The smallest absolute Gasteiger partial charge is 0.229 e. The number of aromatic hydroxyl groups is 1. The molecule has 1 aliphatic heterocycles. The highest BCUT2D eigenvalue weighted by Crippen LogP contribution is 2.31. The number of phenols is 1. The second-order valence-corrected chi connectivity index (χ2v) is 6.12. The summed E-state index contributed by atoms with van der Waals surface area (Å²) in [5.41, 5.74) is 1.13. The quantitative estimate of drug-likeness (QED) is 0.443. The van der Waals surface area contributed by atoms with Crippen LogP contribution in [-0.4, -0.2) is 57.4 Å². The molecule has 2 aromatic rings. The van der Waals surface area contributed by atoms with Crippen molar-refractivity contribution in [3.05, 3.63) is 65.7 Å². The maximum atomic E-state index is 12.1. The van der Waals surface area contributed by atoms with Crippen LogP contribution in [0.1, 0.15) is 15.9 Å². The van der Waals surface area contributed by atoms with Crippen LogP contribution in [0.15, 0.2) is 54.6 Å². The Kier molecular flexibility index (Phi) is 5.88. The van der Waals surface area contributed by atoms with Gasteiger partial charge in [0.05, 0.1) is 6.61 Å². The summed E-state index contributed by atoms with van der Waals surface area (Å²) in [4.78, 5) is 12.1. The van der Waals surface area contributed by atoms with Gasteiger partial charge in [-0.25, -0.2) is 0 Å². The van der Waals surface area contributed by atoms with E-state index in [-0.39, 0.29) is 17.3 Å². The van der Waals surface area contributed by atoms with Gasteiger partial charge in [0.25, 0.3) is 0 Å². The fourth-order valence-electron chi connectivity index (χ4n) is 2.70. The minimum absolute atomic E-state index is 0.0383. The SMILES string of the molecule is O=C(/C=C/c1ccc(O[C@@H]2O[C@H](CO)[C@@H](O)[C@H]2O)c(O)c1)c1ccccc1. The minimum atomic E-state index is -1.36. The van der Waals surface area contributed by atoms with E-state index in [0.29, 0.717) is 11.1 Å². The van der Waals surface area contributed by atoms with E-state index in [4.69, 9.17) is 14.6 Å². The van der Waals surface area contributed by atoms with Crippen LogP contribution >= 0.6 is 0 Å². The molecule has 0 aliphatic carbocycles. The number of ether oxygens (including phenoxy) is 2. The lowest BCUT2D eigenvalue weighted by Crippen LogP contribution is -2.35. The summed E-state index contributed by atoms with van der Waals surface area (Å²) < 4.78 is 10.6. The molecule has 0 saturated carbocycles. The van der Waals surface area contributed by atoms with E-state index in [9.17, 15) is 20.1 Å². The van der Waals surface area contributed by atoms with Gasteiger partial charge in [0.2, 0.25) is 6.29 Å². The highest BCUT2D eigenvalue weighted by Gasteiger charge is 2.44. The third-order valence-electron chi connectivity index (χ3n) is 4.21. The first kappa shape index (κ1) is 19.1. The van der Waals surface area contributed by atoms with Crippen LogP contribution in [0.5, 0.6) is 11.5 Å². The lowest BCUT2D eigenvalue weighted by molar-refractivity contribution is -0.117. The normalized spacial score (nSPS) is 25.0. The number of rotatable bonds is 6. The third-order valence-corrected chi connectivity index (χ3v) is 4.21. The van der Waals surface area contributed by atoms with E-state index >= 15 is 0 Å². The van der Waals surface area contributed by atoms with Gasteiger partial charge in [-0.1, -0.05) is 42.5 Å². The zero-order chi connectivity index (χ0) is 19.4. The number of carbonyl (C=O) groups is 1. The van der Waals surface area contributed by atoms with E-state index in [2.05, 4.69) is 0 Å². The first-order valence-corrected chi connectivity index (χ1v) is 8.39. The first-order chi connectivity index (χ1) is 13.0. The Morgan fingerprint density at radius 3 is 2.48 bits per heavy atom. The van der Waals surface area contributed by atoms with Crippen LogP contribution in [0.2, 0.25) is 0 Å². The van der Waals surface area contributed by atoms with Gasteiger partial charge in [0.1, 0.15) is 18.3 Å². The van der Waals surface area contributed by atoms with Crippen molar-refractivity contribution in [1.82, 2.24) is 0 Å². The highest BCUT2D eigenvalue weighted by molar-refractivity contribution is 6.06. The molecule has 1 aliphatic rings. The van der Waals surface area contributed by atoms with Gasteiger partial charge >= 0.3 is 0 Å². The fraction of sp³-hybridized carbons (Fsp3) is 0.250. The zero-order valence-corrected chi connectivity index (χ0v) is 14.3. The Bertz CT molecular complexity index is 818. The summed E-state index contributed by atoms with van der Waals surface area (Å²) in [6.07, 6.45) is -1.86. The standard InChI is InChI=1S/C20H20O7/c21-11-17-18(24)19(25)20(27-17)26-16-9-7-12(10-15(16)23)6-8-14(22)13-4-2-1-3-5-13/h1-10,17-21,23-25H,11H2/b8-6+/t17-,18-,19-,20-/m1/s1. The van der Waals surface area contributed by atoms with Crippen molar-refractivity contribution in [2.75, 3.05) is 6.61 Å². The molecule has 2 aromatic carbocycles. The maximum Gasteiger partial charge on any atom is 0.229 e. The summed E-state index contributed by atoms with van der Waals surface area (Å²) in [6, 6.07) is 13.3. The van der Waals surface area contributed by atoms with Gasteiger partial charge in [-0.05, 0) is 23.8 Å². The molecule has 0 bridgehead atoms. The fourth-order valence-corrected chi connectivity index (χ4v) is 2.70. The number of hydrogen-bond acceptors (Lipinski definition) is 7. The van der Waals surface area contributed by atoms with Gasteiger partial charge in [0.15, 0.2) is 17.3 Å². The van der Waals surface area contributed by atoms with Gasteiger partial charge < -0.3 is 29.9 Å². The molecule has 4 atom stereocenters.